The second-order valence-corrected chi connectivity index (χ2v) is 8.34. The summed E-state index contributed by atoms with van der Waals surface area (Å²) in [5, 5.41) is 6.88. The largest absolute Gasteiger partial charge is 0.370 e. The smallest absolute Gasteiger partial charge is 0.240 e. The normalized spacial score (nSPS) is 13.1. The maximum absolute atomic E-state index is 12.4. The summed E-state index contributed by atoms with van der Waals surface area (Å²) >= 11 is 10.9. The molecule has 0 amide bonds. The summed E-state index contributed by atoms with van der Waals surface area (Å²) in [6, 6.07) is 3.47. The lowest BCUT2D eigenvalue weighted by Crippen LogP contribution is -2.25. The van der Waals surface area contributed by atoms with Crippen LogP contribution >= 0.6 is 45.8 Å². The standard InChI is InChI=1S/C14H14ClF2N3S3/c15-11-9(4-7(18)5-10(16)17)22-13-12(11)20-23-14(13)19-6-8-2-1-3-21-8/h1-3,7,10,19H,4-6,18H2/t7-/m1/s1. The molecule has 0 saturated carbocycles. The van der Waals surface area contributed by atoms with Crippen molar-refractivity contribution in [3.63, 3.8) is 0 Å². The third kappa shape index (κ3) is 4.00. The van der Waals surface area contributed by atoms with Crippen LogP contribution < -0.4 is 11.1 Å². The maximum atomic E-state index is 12.4. The van der Waals surface area contributed by atoms with E-state index in [1.807, 2.05) is 11.4 Å². The molecule has 1 atom stereocenters. The fourth-order valence-electron chi connectivity index (χ4n) is 2.19. The van der Waals surface area contributed by atoms with Gasteiger partial charge >= 0.3 is 0 Å². The summed E-state index contributed by atoms with van der Waals surface area (Å²) in [5.41, 5.74) is 6.49. The number of nitrogens with zero attached hydrogens (tertiary/aromatic N) is 1. The number of nitrogens with one attached hydrogen (secondary N) is 1. The van der Waals surface area contributed by atoms with E-state index in [-0.39, 0.29) is 6.42 Å². The van der Waals surface area contributed by atoms with Crippen LogP contribution in [0, 0.1) is 0 Å². The zero-order valence-electron chi connectivity index (χ0n) is 11.9. The molecule has 0 aliphatic heterocycles. The molecule has 0 spiro atoms. The molecule has 124 valence electrons. The zero-order chi connectivity index (χ0) is 16.4. The van der Waals surface area contributed by atoms with Gasteiger partial charge in [0.15, 0.2) is 0 Å². The Bertz CT molecular complexity index is 770. The molecule has 3 heterocycles. The van der Waals surface area contributed by atoms with Crippen molar-refractivity contribution in [3.8, 4) is 0 Å². The van der Waals surface area contributed by atoms with Crippen molar-refractivity contribution in [3.05, 3.63) is 32.3 Å². The average molecular weight is 394 g/mol. The molecule has 0 aromatic carbocycles. The van der Waals surface area contributed by atoms with Crippen molar-refractivity contribution in [2.45, 2.75) is 31.9 Å². The van der Waals surface area contributed by atoms with Gasteiger partial charge in [-0.05, 0) is 29.4 Å². The molecule has 3 nitrogen and oxygen atoms in total. The van der Waals surface area contributed by atoms with E-state index >= 15 is 0 Å². The van der Waals surface area contributed by atoms with Gasteiger partial charge in [0.25, 0.3) is 0 Å². The summed E-state index contributed by atoms with van der Waals surface area (Å²) in [4.78, 5) is 2.05. The fourth-order valence-corrected chi connectivity index (χ4v) is 5.39. The Balaban J connectivity index is 1.76. The molecule has 3 N–H and O–H groups in total. The van der Waals surface area contributed by atoms with Gasteiger partial charge in [0.1, 0.15) is 10.5 Å². The Morgan fingerprint density at radius 1 is 1.39 bits per heavy atom. The molecule has 3 aromatic heterocycles. The molecule has 3 rings (SSSR count). The quantitative estimate of drug-likeness (QED) is 0.579. The number of hydrogen-bond acceptors (Lipinski definition) is 6. The second-order valence-electron chi connectivity index (χ2n) is 5.05. The molecule has 3 aromatic rings. The number of nitrogens with two attached hydrogens (primary N) is 1. The number of halogens is 3. The predicted molar refractivity (Wildman–Crippen MR) is 96.5 cm³/mol. The number of anilines is 1. The van der Waals surface area contributed by atoms with Gasteiger partial charge < -0.3 is 11.1 Å². The zero-order valence-corrected chi connectivity index (χ0v) is 15.1. The van der Waals surface area contributed by atoms with E-state index in [0.717, 1.165) is 26.6 Å². The average Bonchev–Trinajstić information content (AvgIpc) is 3.17. The van der Waals surface area contributed by atoms with Crippen molar-refractivity contribution in [1.82, 2.24) is 4.37 Å². The van der Waals surface area contributed by atoms with E-state index in [9.17, 15) is 8.78 Å². The van der Waals surface area contributed by atoms with Gasteiger partial charge in [-0.2, -0.15) is 4.37 Å². The van der Waals surface area contributed by atoms with Crippen LogP contribution in [-0.2, 0) is 13.0 Å². The predicted octanol–water partition coefficient (Wildman–Crippen LogP) is 5.21. The van der Waals surface area contributed by atoms with Crippen molar-refractivity contribution in [2.24, 2.45) is 5.73 Å². The summed E-state index contributed by atoms with van der Waals surface area (Å²) in [5.74, 6) is 0. The highest BCUT2D eigenvalue weighted by Crippen LogP contribution is 2.42. The molecule has 0 aliphatic carbocycles. The van der Waals surface area contributed by atoms with E-state index in [0.29, 0.717) is 11.4 Å². The third-order valence-corrected chi connectivity index (χ3v) is 6.81. The van der Waals surface area contributed by atoms with Gasteiger partial charge in [0.05, 0.1) is 16.3 Å². The van der Waals surface area contributed by atoms with Crippen molar-refractivity contribution >= 4 is 61.0 Å². The number of alkyl halides is 2. The Morgan fingerprint density at radius 2 is 2.22 bits per heavy atom. The van der Waals surface area contributed by atoms with Crippen LogP contribution in [0.5, 0.6) is 0 Å². The molecule has 0 unspecified atom stereocenters. The first kappa shape index (κ1) is 17.0. The minimum absolute atomic E-state index is 0.321. The summed E-state index contributed by atoms with van der Waals surface area (Å²) in [6.07, 6.45) is -2.37. The number of rotatable bonds is 7. The lowest BCUT2D eigenvalue weighted by molar-refractivity contribution is 0.128. The maximum Gasteiger partial charge on any atom is 0.240 e. The minimum atomic E-state index is -2.40. The Morgan fingerprint density at radius 3 is 2.91 bits per heavy atom. The van der Waals surface area contributed by atoms with Gasteiger partial charge in [-0.15, -0.1) is 22.7 Å². The Hall–Kier alpha value is -0.800. The third-order valence-electron chi connectivity index (χ3n) is 3.26. The van der Waals surface area contributed by atoms with Gasteiger partial charge in [0, 0.05) is 22.2 Å². The lowest BCUT2D eigenvalue weighted by atomic mass is 10.1. The van der Waals surface area contributed by atoms with Crippen LogP contribution in [0.25, 0.3) is 10.2 Å². The van der Waals surface area contributed by atoms with E-state index < -0.39 is 12.5 Å². The first-order valence-electron chi connectivity index (χ1n) is 6.91. The molecule has 0 saturated heterocycles. The topological polar surface area (TPSA) is 50.9 Å². The van der Waals surface area contributed by atoms with Crippen LogP contribution in [0.1, 0.15) is 16.2 Å². The van der Waals surface area contributed by atoms with Crippen molar-refractivity contribution in [1.29, 1.82) is 0 Å². The molecule has 9 heteroatoms. The van der Waals surface area contributed by atoms with E-state index in [4.69, 9.17) is 17.3 Å². The van der Waals surface area contributed by atoms with Crippen LogP contribution in [0.4, 0.5) is 13.8 Å². The fraction of sp³-hybridized carbons (Fsp3) is 0.357. The van der Waals surface area contributed by atoms with E-state index in [1.165, 1.54) is 27.7 Å². The van der Waals surface area contributed by atoms with E-state index in [1.54, 1.807) is 11.3 Å². The highest BCUT2D eigenvalue weighted by molar-refractivity contribution is 7.25. The first-order chi connectivity index (χ1) is 11.0. The molecule has 0 fully saturated rings. The number of hydrogen-bond donors (Lipinski definition) is 2. The second kappa shape index (κ2) is 7.40. The lowest BCUT2D eigenvalue weighted by Gasteiger charge is -2.09. The van der Waals surface area contributed by atoms with Crippen LogP contribution in [-0.4, -0.2) is 16.8 Å². The SMILES string of the molecule is N[C@H](Cc1sc2c(NCc3cccs3)snc2c1Cl)CC(F)F. The first-order valence-corrected chi connectivity index (χ1v) is 9.76. The Kier molecular flexibility index (Phi) is 5.48. The molecule has 0 bridgehead atoms. The monoisotopic (exact) mass is 393 g/mol. The van der Waals surface area contributed by atoms with Crippen LogP contribution in [0.15, 0.2) is 17.5 Å². The van der Waals surface area contributed by atoms with Crippen LogP contribution in [0.2, 0.25) is 5.02 Å². The van der Waals surface area contributed by atoms with Crippen molar-refractivity contribution < 1.29 is 8.78 Å². The molecule has 0 aliphatic rings. The number of thiophene rings is 2. The van der Waals surface area contributed by atoms with Crippen LogP contribution in [0.3, 0.4) is 0 Å². The molecule has 0 radical (unpaired) electrons. The summed E-state index contributed by atoms with van der Waals surface area (Å²) in [7, 11) is 0. The highest BCUT2D eigenvalue weighted by Gasteiger charge is 2.20. The van der Waals surface area contributed by atoms with E-state index in [2.05, 4.69) is 15.8 Å². The highest BCUT2D eigenvalue weighted by atomic mass is 35.5. The molecular weight excluding hydrogens is 380 g/mol. The Labute approximate surface area is 149 Å². The minimum Gasteiger partial charge on any atom is -0.370 e. The molecule has 23 heavy (non-hydrogen) atoms. The van der Waals surface area contributed by atoms with Gasteiger partial charge in [0.2, 0.25) is 6.43 Å². The summed E-state index contributed by atoms with van der Waals surface area (Å²) < 4.78 is 30.2. The van der Waals surface area contributed by atoms with Crippen molar-refractivity contribution in [2.75, 3.05) is 5.32 Å². The summed E-state index contributed by atoms with van der Waals surface area (Å²) in [6.45, 7) is 0.727. The van der Waals surface area contributed by atoms with Gasteiger partial charge in [-0.1, -0.05) is 17.7 Å². The van der Waals surface area contributed by atoms with Gasteiger partial charge in [-0.3, -0.25) is 0 Å². The molecular formula is C14H14ClF2N3S3. The number of aromatic nitrogens is 1. The number of fused-ring (bicyclic) bond motifs is 1. The van der Waals surface area contributed by atoms with Gasteiger partial charge in [-0.25, -0.2) is 8.78 Å².